The molecule has 0 radical (unpaired) electrons. The summed E-state index contributed by atoms with van der Waals surface area (Å²) >= 11 is 5.85. The van der Waals surface area contributed by atoms with Crippen molar-refractivity contribution in [3.8, 4) is 0 Å². The zero-order valence-corrected chi connectivity index (χ0v) is 18.0. The van der Waals surface area contributed by atoms with Crippen LogP contribution in [0.5, 0.6) is 0 Å². The molecule has 0 spiro atoms. The number of hydrogen-bond donors (Lipinski definition) is 2. The molecule has 0 bridgehead atoms. The summed E-state index contributed by atoms with van der Waals surface area (Å²) in [6.07, 6.45) is 6.97. The quantitative estimate of drug-likeness (QED) is 0.492. The van der Waals surface area contributed by atoms with Crippen LogP contribution in [0.25, 0.3) is 0 Å². The molecule has 1 fully saturated rings. The number of halogens is 1. The highest BCUT2D eigenvalue weighted by atomic mass is 35.5. The number of esters is 1. The topological polar surface area (TPSA) is 84.5 Å². The van der Waals surface area contributed by atoms with Gasteiger partial charge in [-0.15, -0.1) is 0 Å². The highest BCUT2D eigenvalue weighted by molar-refractivity contribution is 6.30. The molecule has 0 unspecified atom stereocenters. The van der Waals surface area contributed by atoms with Crippen molar-refractivity contribution in [3.05, 3.63) is 34.9 Å². The van der Waals surface area contributed by atoms with Crippen LogP contribution in [0.1, 0.15) is 69.2 Å². The van der Waals surface area contributed by atoms with E-state index in [1.54, 1.807) is 24.3 Å². The number of ether oxygens (including phenoxy) is 1. The van der Waals surface area contributed by atoms with Crippen molar-refractivity contribution in [1.82, 2.24) is 10.6 Å². The number of rotatable bonds is 8. The lowest BCUT2D eigenvalue weighted by Crippen LogP contribution is -2.44. The molecule has 0 saturated heterocycles. The van der Waals surface area contributed by atoms with E-state index in [9.17, 15) is 14.4 Å². The first-order valence-corrected chi connectivity index (χ1v) is 10.8. The molecule has 7 heteroatoms. The fourth-order valence-electron chi connectivity index (χ4n) is 3.46. The van der Waals surface area contributed by atoms with E-state index in [0.717, 1.165) is 25.7 Å². The Labute approximate surface area is 177 Å². The van der Waals surface area contributed by atoms with Crippen LogP contribution in [0.4, 0.5) is 0 Å². The van der Waals surface area contributed by atoms with Crippen LogP contribution < -0.4 is 10.6 Å². The molecule has 0 aromatic heterocycles. The number of benzene rings is 1. The fraction of sp³-hybridized carbons (Fsp3) is 0.591. The van der Waals surface area contributed by atoms with E-state index < -0.39 is 12.0 Å². The third-order valence-corrected chi connectivity index (χ3v) is 5.22. The Morgan fingerprint density at radius 3 is 2.28 bits per heavy atom. The molecule has 160 valence electrons. The van der Waals surface area contributed by atoms with E-state index in [0.29, 0.717) is 17.0 Å². The van der Waals surface area contributed by atoms with E-state index in [4.69, 9.17) is 16.3 Å². The highest BCUT2D eigenvalue weighted by Crippen LogP contribution is 2.17. The summed E-state index contributed by atoms with van der Waals surface area (Å²) in [4.78, 5) is 37.1. The first kappa shape index (κ1) is 23.2. The number of carbonyl (C=O) groups excluding carboxylic acids is 3. The van der Waals surface area contributed by atoms with Gasteiger partial charge in [-0.25, -0.2) is 4.79 Å². The molecule has 1 atom stereocenters. The van der Waals surface area contributed by atoms with Gasteiger partial charge in [-0.2, -0.15) is 0 Å². The summed E-state index contributed by atoms with van der Waals surface area (Å²) in [7, 11) is 0. The molecular formula is C22H31ClN2O4. The predicted molar refractivity (Wildman–Crippen MR) is 113 cm³/mol. The lowest BCUT2D eigenvalue weighted by molar-refractivity contribution is -0.151. The summed E-state index contributed by atoms with van der Waals surface area (Å²) in [6.45, 7) is 3.57. The summed E-state index contributed by atoms with van der Waals surface area (Å²) in [5.41, 5.74) is 0.405. The molecule has 1 aliphatic rings. The average Bonchev–Trinajstić information content (AvgIpc) is 2.94. The molecule has 2 amide bonds. The van der Waals surface area contributed by atoms with Crippen LogP contribution in [0.2, 0.25) is 5.02 Å². The summed E-state index contributed by atoms with van der Waals surface area (Å²) in [5, 5.41) is 6.19. The number of hydrogen-bond acceptors (Lipinski definition) is 4. The van der Waals surface area contributed by atoms with Gasteiger partial charge < -0.3 is 15.4 Å². The minimum atomic E-state index is -0.816. The van der Waals surface area contributed by atoms with E-state index in [1.807, 2.05) is 13.8 Å². The van der Waals surface area contributed by atoms with Crippen molar-refractivity contribution in [2.75, 3.05) is 6.61 Å². The zero-order valence-electron chi connectivity index (χ0n) is 17.2. The molecule has 1 aromatic rings. The third-order valence-electron chi connectivity index (χ3n) is 4.97. The van der Waals surface area contributed by atoms with Gasteiger partial charge in [-0.3, -0.25) is 9.59 Å². The maximum Gasteiger partial charge on any atom is 0.329 e. The van der Waals surface area contributed by atoms with Gasteiger partial charge in [0.25, 0.3) is 11.8 Å². The van der Waals surface area contributed by atoms with Crippen LogP contribution in [0, 0.1) is 5.92 Å². The van der Waals surface area contributed by atoms with E-state index in [-0.39, 0.29) is 30.4 Å². The van der Waals surface area contributed by atoms with Crippen LogP contribution >= 0.6 is 11.6 Å². The first-order valence-electron chi connectivity index (χ1n) is 10.4. The molecule has 1 aromatic carbocycles. The standard InChI is InChI=1S/C22H31ClN2O4/c1-15(2)13-19(25-21(27)16-9-11-17(23)12-10-16)22(28)29-14-20(26)24-18-7-5-3-4-6-8-18/h9-12,15,18-19H,3-8,13-14H2,1-2H3,(H,24,26)(H,25,27)/t19-/m1/s1. The lowest BCUT2D eigenvalue weighted by atomic mass is 10.0. The minimum absolute atomic E-state index is 0.153. The van der Waals surface area contributed by atoms with Crippen molar-refractivity contribution >= 4 is 29.4 Å². The van der Waals surface area contributed by atoms with Crippen LogP contribution in [-0.2, 0) is 14.3 Å². The highest BCUT2D eigenvalue weighted by Gasteiger charge is 2.25. The molecule has 2 N–H and O–H groups in total. The smallest absolute Gasteiger partial charge is 0.329 e. The number of carbonyl (C=O) groups is 3. The van der Waals surface area contributed by atoms with Crippen molar-refractivity contribution < 1.29 is 19.1 Å². The van der Waals surface area contributed by atoms with Crippen molar-refractivity contribution in [3.63, 3.8) is 0 Å². The molecule has 1 saturated carbocycles. The van der Waals surface area contributed by atoms with Gasteiger partial charge in [0.15, 0.2) is 6.61 Å². The molecule has 6 nitrogen and oxygen atoms in total. The minimum Gasteiger partial charge on any atom is -0.454 e. The monoisotopic (exact) mass is 422 g/mol. The molecule has 29 heavy (non-hydrogen) atoms. The Balaban J connectivity index is 1.87. The molecule has 2 rings (SSSR count). The van der Waals surface area contributed by atoms with Gasteiger partial charge in [0, 0.05) is 16.6 Å². The Bertz CT molecular complexity index is 683. The SMILES string of the molecule is CC(C)C[C@@H](NC(=O)c1ccc(Cl)cc1)C(=O)OCC(=O)NC1CCCCCC1. The van der Waals surface area contributed by atoms with Crippen molar-refractivity contribution in [2.45, 2.75) is 70.9 Å². The Morgan fingerprint density at radius 1 is 1.07 bits per heavy atom. The Hall–Kier alpha value is -2.08. The van der Waals surface area contributed by atoms with Crippen molar-refractivity contribution in [1.29, 1.82) is 0 Å². The predicted octanol–water partition coefficient (Wildman–Crippen LogP) is 3.87. The summed E-state index contributed by atoms with van der Waals surface area (Å²) in [6, 6.07) is 5.75. The number of amides is 2. The fourth-order valence-corrected chi connectivity index (χ4v) is 3.58. The Kier molecular flexibility index (Phi) is 9.45. The normalized spacial score (nSPS) is 16.0. The molecular weight excluding hydrogens is 392 g/mol. The van der Waals surface area contributed by atoms with Gasteiger partial charge >= 0.3 is 5.97 Å². The number of nitrogens with one attached hydrogen (secondary N) is 2. The maximum absolute atomic E-state index is 12.5. The van der Waals surface area contributed by atoms with Gasteiger partial charge in [0.1, 0.15) is 6.04 Å². The van der Waals surface area contributed by atoms with Gasteiger partial charge in [0.2, 0.25) is 0 Å². The second-order valence-corrected chi connectivity index (χ2v) is 8.46. The average molecular weight is 423 g/mol. The zero-order chi connectivity index (χ0) is 21.2. The molecule has 1 aliphatic carbocycles. The van der Waals surface area contributed by atoms with E-state index in [1.165, 1.54) is 12.8 Å². The van der Waals surface area contributed by atoms with E-state index >= 15 is 0 Å². The van der Waals surface area contributed by atoms with E-state index in [2.05, 4.69) is 10.6 Å². The largest absolute Gasteiger partial charge is 0.454 e. The van der Waals surface area contributed by atoms with Crippen molar-refractivity contribution in [2.24, 2.45) is 5.92 Å². The van der Waals surface area contributed by atoms with Crippen LogP contribution in [0.3, 0.4) is 0 Å². The second-order valence-electron chi connectivity index (χ2n) is 8.03. The lowest BCUT2D eigenvalue weighted by Gasteiger charge is -2.20. The summed E-state index contributed by atoms with van der Waals surface area (Å²) < 4.78 is 5.21. The second kappa shape index (κ2) is 11.8. The van der Waals surface area contributed by atoms with Gasteiger partial charge in [-0.05, 0) is 49.4 Å². The van der Waals surface area contributed by atoms with Crippen LogP contribution in [-0.4, -0.2) is 36.5 Å². The van der Waals surface area contributed by atoms with Gasteiger partial charge in [0.05, 0.1) is 0 Å². The Morgan fingerprint density at radius 2 is 1.69 bits per heavy atom. The third kappa shape index (κ3) is 8.44. The first-order chi connectivity index (χ1) is 13.8. The molecule has 0 heterocycles. The van der Waals surface area contributed by atoms with Gasteiger partial charge in [-0.1, -0.05) is 51.1 Å². The summed E-state index contributed by atoms with van der Waals surface area (Å²) in [5.74, 6) is -1.11. The van der Waals surface area contributed by atoms with Crippen LogP contribution in [0.15, 0.2) is 24.3 Å². The molecule has 0 aliphatic heterocycles. The maximum atomic E-state index is 12.5.